The number of hydrogen-bond donors (Lipinski definition) is 1. The zero-order valence-electron chi connectivity index (χ0n) is 10.2. The van der Waals surface area contributed by atoms with Gasteiger partial charge in [-0.25, -0.2) is 4.39 Å². The number of hydrogen-bond acceptors (Lipinski definition) is 2. The summed E-state index contributed by atoms with van der Waals surface area (Å²) in [5.74, 6) is -0.181. The van der Waals surface area contributed by atoms with Crippen LogP contribution < -0.4 is 5.32 Å². The van der Waals surface area contributed by atoms with Crippen molar-refractivity contribution in [3.63, 3.8) is 0 Å². The van der Waals surface area contributed by atoms with Crippen molar-refractivity contribution in [3.8, 4) is 0 Å². The quantitative estimate of drug-likeness (QED) is 0.870. The Balaban J connectivity index is 0.00000144. The van der Waals surface area contributed by atoms with E-state index in [1.54, 1.807) is 12.1 Å². The fraction of sp³-hybridized carbons (Fsp3) is 0.500. The van der Waals surface area contributed by atoms with E-state index in [1.807, 2.05) is 6.07 Å². The molecule has 1 aliphatic heterocycles. The molecule has 1 atom stereocenters. The normalized spacial score (nSPS) is 17.5. The van der Waals surface area contributed by atoms with Gasteiger partial charge in [0.05, 0.1) is 4.47 Å². The van der Waals surface area contributed by atoms with Crippen molar-refractivity contribution < 1.29 is 4.39 Å². The molecule has 1 aromatic rings. The summed E-state index contributed by atoms with van der Waals surface area (Å²) >= 11 is 3.18. The minimum Gasteiger partial charge on any atom is -0.314 e. The first kappa shape index (κ1) is 18.1. The molecular formula is C12H18BrCl2FN2. The van der Waals surface area contributed by atoms with Gasteiger partial charge < -0.3 is 5.32 Å². The molecule has 6 heteroatoms. The van der Waals surface area contributed by atoms with Crippen molar-refractivity contribution >= 4 is 40.7 Å². The van der Waals surface area contributed by atoms with Crippen LogP contribution in [0.25, 0.3) is 0 Å². The van der Waals surface area contributed by atoms with Gasteiger partial charge in [-0.1, -0.05) is 6.07 Å². The van der Waals surface area contributed by atoms with E-state index in [-0.39, 0.29) is 36.7 Å². The molecule has 1 aromatic carbocycles. The summed E-state index contributed by atoms with van der Waals surface area (Å²) in [6.45, 7) is 6.22. The van der Waals surface area contributed by atoms with Gasteiger partial charge in [0.2, 0.25) is 0 Å². The summed E-state index contributed by atoms with van der Waals surface area (Å²) in [7, 11) is 0. The van der Waals surface area contributed by atoms with Crippen LogP contribution in [0.1, 0.15) is 18.5 Å². The lowest BCUT2D eigenvalue weighted by Gasteiger charge is -2.33. The molecule has 1 fully saturated rings. The van der Waals surface area contributed by atoms with Crippen LogP contribution in [0.2, 0.25) is 0 Å². The molecule has 2 nitrogen and oxygen atoms in total. The van der Waals surface area contributed by atoms with Crippen LogP contribution in [0.3, 0.4) is 0 Å². The molecule has 1 heterocycles. The Hall–Kier alpha value is 0.130. The van der Waals surface area contributed by atoms with Crippen molar-refractivity contribution in [1.82, 2.24) is 10.2 Å². The maximum Gasteiger partial charge on any atom is 0.137 e. The van der Waals surface area contributed by atoms with Gasteiger partial charge in [0.1, 0.15) is 5.82 Å². The molecule has 0 bridgehead atoms. The zero-order valence-corrected chi connectivity index (χ0v) is 13.4. The SMILES string of the molecule is C[C@H](c1ccc(Br)c(F)c1)N1CCNCC1.Cl.Cl. The summed E-state index contributed by atoms with van der Waals surface area (Å²) in [6.07, 6.45) is 0. The number of piperazine rings is 1. The smallest absolute Gasteiger partial charge is 0.137 e. The molecule has 0 amide bonds. The van der Waals surface area contributed by atoms with Crippen molar-refractivity contribution in [3.05, 3.63) is 34.1 Å². The summed E-state index contributed by atoms with van der Waals surface area (Å²) in [6, 6.07) is 5.67. The molecule has 104 valence electrons. The van der Waals surface area contributed by atoms with Crippen LogP contribution in [0.4, 0.5) is 4.39 Å². The van der Waals surface area contributed by atoms with Crippen LogP contribution in [0, 0.1) is 5.82 Å². The highest BCUT2D eigenvalue weighted by atomic mass is 79.9. The first-order chi connectivity index (χ1) is 7.68. The third-order valence-electron chi connectivity index (χ3n) is 3.13. The second-order valence-electron chi connectivity index (χ2n) is 4.14. The minimum atomic E-state index is -0.181. The number of nitrogens with one attached hydrogen (secondary N) is 1. The second kappa shape index (κ2) is 8.33. The van der Waals surface area contributed by atoms with Crippen molar-refractivity contribution in [2.24, 2.45) is 0 Å². The van der Waals surface area contributed by atoms with E-state index in [4.69, 9.17) is 0 Å². The molecule has 0 unspecified atom stereocenters. The Labute approximate surface area is 128 Å². The minimum absolute atomic E-state index is 0. The fourth-order valence-corrected chi connectivity index (χ4v) is 2.30. The fourth-order valence-electron chi connectivity index (χ4n) is 2.05. The Bertz CT molecular complexity index is 373. The lowest BCUT2D eigenvalue weighted by Crippen LogP contribution is -2.44. The van der Waals surface area contributed by atoms with Gasteiger partial charge in [-0.2, -0.15) is 0 Å². The van der Waals surface area contributed by atoms with E-state index in [0.717, 1.165) is 31.7 Å². The average Bonchev–Trinajstić information content (AvgIpc) is 2.33. The van der Waals surface area contributed by atoms with Gasteiger partial charge in [0, 0.05) is 32.2 Å². The van der Waals surface area contributed by atoms with Crippen molar-refractivity contribution in [2.45, 2.75) is 13.0 Å². The number of halogens is 4. The van der Waals surface area contributed by atoms with Gasteiger partial charge >= 0.3 is 0 Å². The molecule has 0 aliphatic carbocycles. The van der Waals surface area contributed by atoms with Crippen LogP contribution >= 0.6 is 40.7 Å². The molecule has 18 heavy (non-hydrogen) atoms. The van der Waals surface area contributed by atoms with E-state index in [2.05, 4.69) is 33.1 Å². The first-order valence-electron chi connectivity index (χ1n) is 5.58. The predicted molar refractivity (Wildman–Crippen MR) is 81.5 cm³/mol. The van der Waals surface area contributed by atoms with E-state index >= 15 is 0 Å². The Morgan fingerprint density at radius 2 is 1.89 bits per heavy atom. The number of benzene rings is 1. The highest BCUT2D eigenvalue weighted by Gasteiger charge is 2.18. The predicted octanol–water partition coefficient (Wildman–Crippen LogP) is 3.40. The van der Waals surface area contributed by atoms with Crippen molar-refractivity contribution in [1.29, 1.82) is 0 Å². The Morgan fingerprint density at radius 3 is 2.44 bits per heavy atom. The standard InChI is InChI=1S/C12H16BrFN2.2ClH/c1-9(16-6-4-15-5-7-16)10-2-3-11(13)12(14)8-10;;/h2-3,8-9,15H,4-7H2,1H3;2*1H/t9-;;/m1../s1. The molecule has 1 N–H and O–H groups in total. The van der Waals surface area contributed by atoms with Gasteiger partial charge in [0.25, 0.3) is 0 Å². The van der Waals surface area contributed by atoms with E-state index in [0.29, 0.717) is 4.47 Å². The Morgan fingerprint density at radius 1 is 1.28 bits per heavy atom. The Kier molecular flexibility index (Phi) is 8.39. The van der Waals surface area contributed by atoms with Gasteiger partial charge in [-0.05, 0) is 40.5 Å². The summed E-state index contributed by atoms with van der Waals surface area (Å²) < 4.78 is 14.0. The van der Waals surface area contributed by atoms with Crippen molar-refractivity contribution in [2.75, 3.05) is 26.2 Å². The maximum atomic E-state index is 13.4. The van der Waals surface area contributed by atoms with Gasteiger partial charge in [-0.3, -0.25) is 4.90 Å². The molecule has 1 saturated heterocycles. The molecule has 1 aliphatic rings. The average molecular weight is 360 g/mol. The summed E-state index contributed by atoms with van der Waals surface area (Å²) in [4.78, 5) is 2.37. The zero-order chi connectivity index (χ0) is 11.5. The van der Waals surface area contributed by atoms with E-state index < -0.39 is 0 Å². The summed E-state index contributed by atoms with van der Waals surface area (Å²) in [5, 5.41) is 3.32. The van der Waals surface area contributed by atoms with Gasteiger partial charge in [0.15, 0.2) is 0 Å². The van der Waals surface area contributed by atoms with E-state index in [1.165, 1.54) is 0 Å². The maximum absolute atomic E-state index is 13.4. The van der Waals surface area contributed by atoms with Crippen LogP contribution in [-0.4, -0.2) is 31.1 Å². The molecule has 2 rings (SSSR count). The largest absolute Gasteiger partial charge is 0.314 e. The molecular weight excluding hydrogens is 342 g/mol. The number of nitrogens with zero attached hydrogens (tertiary/aromatic N) is 1. The second-order valence-corrected chi connectivity index (χ2v) is 4.99. The van der Waals surface area contributed by atoms with Crippen LogP contribution in [-0.2, 0) is 0 Å². The molecule has 0 aromatic heterocycles. The monoisotopic (exact) mass is 358 g/mol. The molecule has 0 saturated carbocycles. The lowest BCUT2D eigenvalue weighted by molar-refractivity contribution is 0.185. The van der Waals surface area contributed by atoms with E-state index in [9.17, 15) is 4.39 Å². The van der Waals surface area contributed by atoms with Crippen LogP contribution in [0.5, 0.6) is 0 Å². The van der Waals surface area contributed by atoms with Crippen LogP contribution in [0.15, 0.2) is 22.7 Å². The third kappa shape index (κ3) is 4.35. The lowest BCUT2D eigenvalue weighted by atomic mass is 10.1. The number of rotatable bonds is 2. The highest BCUT2D eigenvalue weighted by molar-refractivity contribution is 9.10. The summed E-state index contributed by atoms with van der Waals surface area (Å²) in [5.41, 5.74) is 1.04. The van der Waals surface area contributed by atoms with Gasteiger partial charge in [-0.15, -0.1) is 24.8 Å². The highest BCUT2D eigenvalue weighted by Crippen LogP contribution is 2.24. The molecule has 0 spiro atoms. The molecule has 0 radical (unpaired) electrons. The topological polar surface area (TPSA) is 15.3 Å². The first-order valence-corrected chi connectivity index (χ1v) is 6.37. The third-order valence-corrected chi connectivity index (χ3v) is 3.77.